The standard InChI is InChI=1S/C17H27N3O2/c1-3-20(4-2)12-11-19-17(21)13-22-16-9-10-18-15-8-6-5-7-14(15)16/h9-10H,3-8,11-13H2,1-2H3,(H,19,21). The number of aromatic nitrogens is 1. The predicted molar refractivity (Wildman–Crippen MR) is 87.2 cm³/mol. The molecule has 0 atom stereocenters. The summed E-state index contributed by atoms with van der Waals surface area (Å²) >= 11 is 0. The van der Waals surface area contributed by atoms with Gasteiger partial charge in [-0.15, -0.1) is 0 Å². The molecule has 2 rings (SSSR count). The van der Waals surface area contributed by atoms with Crippen molar-refractivity contribution in [3.05, 3.63) is 23.5 Å². The van der Waals surface area contributed by atoms with E-state index in [1.54, 1.807) is 6.20 Å². The van der Waals surface area contributed by atoms with E-state index in [2.05, 4.69) is 29.0 Å². The molecule has 0 saturated carbocycles. The summed E-state index contributed by atoms with van der Waals surface area (Å²) in [5.41, 5.74) is 2.32. The van der Waals surface area contributed by atoms with Crippen LogP contribution < -0.4 is 10.1 Å². The molecule has 1 N–H and O–H groups in total. The van der Waals surface area contributed by atoms with Crippen LogP contribution >= 0.6 is 0 Å². The Morgan fingerprint density at radius 2 is 2.09 bits per heavy atom. The summed E-state index contributed by atoms with van der Waals surface area (Å²) in [6, 6.07) is 1.87. The molecule has 0 radical (unpaired) electrons. The number of hydrogen-bond acceptors (Lipinski definition) is 4. The van der Waals surface area contributed by atoms with Crippen LogP contribution in [0, 0.1) is 0 Å². The number of carbonyl (C=O) groups is 1. The van der Waals surface area contributed by atoms with Crippen LogP contribution in [0.3, 0.4) is 0 Å². The molecule has 0 spiro atoms. The minimum absolute atomic E-state index is 0.0615. The molecular formula is C17H27N3O2. The Kier molecular flexibility index (Phi) is 6.65. The molecule has 22 heavy (non-hydrogen) atoms. The Morgan fingerprint density at radius 1 is 1.32 bits per heavy atom. The van der Waals surface area contributed by atoms with Crippen molar-refractivity contribution < 1.29 is 9.53 Å². The fourth-order valence-electron chi connectivity index (χ4n) is 2.82. The van der Waals surface area contributed by atoms with Crippen molar-refractivity contribution in [2.24, 2.45) is 0 Å². The van der Waals surface area contributed by atoms with Gasteiger partial charge in [-0.05, 0) is 44.8 Å². The summed E-state index contributed by atoms with van der Waals surface area (Å²) in [5, 5.41) is 2.91. The minimum Gasteiger partial charge on any atom is -0.483 e. The molecule has 0 fully saturated rings. The van der Waals surface area contributed by atoms with Gasteiger partial charge >= 0.3 is 0 Å². The van der Waals surface area contributed by atoms with Crippen molar-refractivity contribution in [2.45, 2.75) is 39.5 Å². The Hall–Kier alpha value is -1.62. The normalized spacial score (nSPS) is 13.8. The highest BCUT2D eigenvalue weighted by Crippen LogP contribution is 2.27. The van der Waals surface area contributed by atoms with E-state index in [0.717, 1.165) is 43.9 Å². The predicted octanol–water partition coefficient (Wildman–Crippen LogP) is 1.80. The molecule has 0 aliphatic heterocycles. The van der Waals surface area contributed by atoms with Gasteiger partial charge in [-0.2, -0.15) is 0 Å². The number of pyridine rings is 1. The van der Waals surface area contributed by atoms with E-state index in [4.69, 9.17) is 4.74 Å². The van der Waals surface area contributed by atoms with E-state index in [0.29, 0.717) is 6.54 Å². The maximum atomic E-state index is 11.9. The molecule has 1 aromatic heterocycles. The Morgan fingerprint density at radius 3 is 2.86 bits per heavy atom. The first kappa shape index (κ1) is 16.7. The number of amides is 1. The summed E-state index contributed by atoms with van der Waals surface area (Å²) in [5.74, 6) is 0.761. The molecule has 122 valence electrons. The molecule has 1 heterocycles. The van der Waals surface area contributed by atoms with Crippen molar-refractivity contribution in [2.75, 3.05) is 32.8 Å². The highest BCUT2D eigenvalue weighted by Gasteiger charge is 2.15. The largest absolute Gasteiger partial charge is 0.483 e. The van der Waals surface area contributed by atoms with Gasteiger partial charge in [0.1, 0.15) is 5.75 Å². The third-order valence-corrected chi connectivity index (χ3v) is 4.20. The van der Waals surface area contributed by atoms with Crippen LogP contribution in [0.1, 0.15) is 37.9 Å². The summed E-state index contributed by atoms with van der Waals surface area (Å²) in [6.07, 6.45) is 6.16. The highest BCUT2D eigenvalue weighted by atomic mass is 16.5. The summed E-state index contributed by atoms with van der Waals surface area (Å²) in [6.45, 7) is 7.89. The molecule has 1 aromatic rings. The topological polar surface area (TPSA) is 54.5 Å². The van der Waals surface area contributed by atoms with Gasteiger partial charge in [-0.3, -0.25) is 9.78 Å². The zero-order valence-electron chi connectivity index (χ0n) is 13.7. The number of hydrogen-bond donors (Lipinski definition) is 1. The molecule has 5 nitrogen and oxygen atoms in total. The summed E-state index contributed by atoms with van der Waals surface area (Å²) < 4.78 is 5.71. The van der Waals surface area contributed by atoms with Crippen molar-refractivity contribution in [1.82, 2.24) is 15.2 Å². The number of fused-ring (bicyclic) bond motifs is 1. The van der Waals surface area contributed by atoms with Gasteiger partial charge in [0.05, 0.1) is 0 Å². The van der Waals surface area contributed by atoms with E-state index in [1.807, 2.05) is 6.07 Å². The Bertz CT molecular complexity index is 487. The molecule has 1 aliphatic carbocycles. The van der Waals surface area contributed by atoms with Gasteiger partial charge in [0, 0.05) is 30.5 Å². The third-order valence-electron chi connectivity index (χ3n) is 4.20. The van der Waals surface area contributed by atoms with Gasteiger partial charge < -0.3 is 15.0 Å². The molecule has 0 saturated heterocycles. The zero-order valence-corrected chi connectivity index (χ0v) is 13.7. The van der Waals surface area contributed by atoms with Crippen molar-refractivity contribution in [3.63, 3.8) is 0 Å². The fraction of sp³-hybridized carbons (Fsp3) is 0.647. The maximum Gasteiger partial charge on any atom is 0.257 e. The van der Waals surface area contributed by atoms with Crippen molar-refractivity contribution >= 4 is 5.91 Å². The monoisotopic (exact) mass is 305 g/mol. The van der Waals surface area contributed by atoms with E-state index < -0.39 is 0 Å². The molecule has 1 aliphatic rings. The fourth-order valence-corrected chi connectivity index (χ4v) is 2.82. The maximum absolute atomic E-state index is 11.9. The van der Waals surface area contributed by atoms with Crippen LogP contribution in [0.15, 0.2) is 12.3 Å². The first-order valence-electron chi connectivity index (χ1n) is 8.33. The van der Waals surface area contributed by atoms with Crippen LogP contribution in [0.4, 0.5) is 0 Å². The summed E-state index contributed by atoms with van der Waals surface area (Å²) in [7, 11) is 0. The molecular weight excluding hydrogens is 278 g/mol. The number of nitrogens with one attached hydrogen (secondary N) is 1. The lowest BCUT2D eigenvalue weighted by molar-refractivity contribution is -0.123. The van der Waals surface area contributed by atoms with Crippen LogP contribution in [0.5, 0.6) is 5.75 Å². The zero-order chi connectivity index (χ0) is 15.8. The van der Waals surface area contributed by atoms with Gasteiger partial charge in [0.25, 0.3) is 5.91 Å². The van der Waals surface area contributed by atoms with Crippen molar-refractivity contribution in [1.29, 1.82) is 0 Å². The minimum atomic E-state index is -0.0615. The van der Waals surface area contributed by atoms with Crippen LogP contribution in [0.25, 0.3) is 0 Å². The first-order valence-corrected chi connectivity index (χ1v) is 8.33. The van der Waals surface area contributed by atoms with Gasteiger partial charge in [-0.25, -0.2) is 0 Å². The van der Waals surface area contributed by atoms with Gasteiger partial charge in [-0.1, -0.05) is 13.8 Å². The van der Waals surface area contributed by atoms with Crippen molar-refractivity contribution in [3.8, 4) is 5.75 Å². The third kappa shape index (κ3) is 4.70. The van der Waals surface area contributed by atoms with Crippen LogP contribution in [-0.2, 0) is 17.6 Å². The average molecular weight is 305 g/mol. The van der Waals surface area contributed by atoms with E-state index >= 15 is 0 Å². The Balaban J connectivity index is 1.77. The summed E-state index contributed by atoms with van der Waals surface area (Å²) in [4.78, 5) is 18.6. The van der Waals surface area contributed by atoms with E-state index in [9.17, 15) is 4.79 Å². The SMILES string of the molecule is CCN(CC)CCNC(=O)COc1ccnc2c1CCCC2. The number of rotatable bonds is 8. The Labute approximate surface area is 133 Å². The average Bonchev–Trinajstić information content (AvgIpc) is 2.57. The first-order chi connectivity index (χ1) is 10.7. The second-order valence-electron chi connectivity index (χ2n) is 5.61. The molecule has 1 amide bonds. The van der Waals surface area contributed by atoms with E-state index in [1.165, 1.54) is 18.4 Å². The van der Waals surface area contributed by atoms with Crippen LogP contribution in [0.2, 0.25) is 0 Å². The molecule has 0 aromatic carbocycles. The van der Waals surface area contributed by atoms with Gasteiger partial charge in [0.2, 0.25) is 0 Å². The number of aryl methyl sites for hydroxylation is 1. The van der Waals surface area contributed by atoms with E-state index in [-0.39, 0.29) is 12.5 Å². The lowest BCUT2D eigenvalue weighted by Crippen LogP contribution is -2.37. The second kappa shape index (κ2) is 8.73. The molecule has 0 unspecified atom stereocenters. The quantitative estimate of drug-likeness (QED) is 0.796. The number of nitrogens with zero attached hydrogens (tertiary/aromatic N) is 2. The number of carbonyl (C=O) groups excluding carboxylic acids is 1. The lowest BCUT2D eigenvalue weighted by Gasteiger charge is -2.19. The van der Waals surface area contributed by atoms with Gasteiger partial charge in [0.15, 0.2) is 6.61 Å². The second-order valence-corrected chi connectivity index (χ2v) is 5.61. The van der Waals surface area contributed by atoms with Crippen LogP contribution in [-0.4, -0.2) is 48.6 Å². The highest BCUT2D eigenvalue weighted by molar-refractivity contribution is 5.77. The smallest absolute Gasteiger partial charge is 0.257 e. The molecule has 5 heteroatoms. The molecule has 0 bridgehead atoms. The lowest BCUT2D eigenvalue weighted by atomic mass is 9.95. The number of ether oxygens (including phenoxy) is 1. The number of likely N-dealkylation sites (N-methyl/N-ethyl adjacent to an activating group) is 1.